The van der Waals surface area contributed by atoms with Crippen molar-refractivity contribution in [3.05, 3.63) is 64.7 Å². The summed E-state index contributed by atoms with van der Waals surface area (Å²) in [5, 5.41) is 3.66. The molecule has 2 aromatic rings. The molecule has 0 spiro atoms. The Morgan fingerprint density at radius 1 is 1.27 bits per heavy atom. The number of hydrogen-bond acceptors (Lipinski definition) is 3. The zero-order valence-electron chi connectivity index (χ0n) is 14.9. The Hall–Kier alpha value is -1.49. The number of nitrogens with one attached hydrogen (secondary N) is 1. The Morgan fingerprint density at radius 3 is 2.77 bits per heavy atom. The van der Waals surface area contributed by atoms with Gasteiger partial charge in [0.05, 0.1) is 10.6 Å². The first-order valence-corrected chi connectivity index (χ1v) is 10.6. The molecule has 26 heavy (non-hydrogen) atoms. The number of halogens is 1. The van der Waals surface area contributed by atoms with E-state index in [1.807, 2.05) is 18.4 Å². The topological polar surface area (TPSA) is 32.3 Å². The predicted octanol–water partition coefficient (Wildman–Crippen LogP) is 4.46. The van der Waals surface area contributed by atoms with Gasteiger partial charge in [0.2, 0.25) is 0 Å². The van der Waals surface area contributed by atoms with Gasteiger partial charge < -0.3 is 5.32 Å². The van der Waals surface area contributed by atoms with Gasteiger partial charge in [-0.1, -0.05) is 41.9 Å². The van der Waals surface area contributed by atoms with Gasteiger partial charge in [0.15, 0.2) is 0 Å². The molecule has 1 amide bonds. The van der Waals surface area contributed by atoms with Crippen molar-refractivity contribution in [3.63, 3.8) is 0 Å². The van der Waals surface area contributed by atoms with Crippen LogP contribution in [0.15, 0.2) is 53.4 Å². The van der Waals surface area contributed by atoms with Gasteiger partial charge in [-0.15, -0.1) is 11.8 Å². The third-order valence-electron chi connectivity index (χ3n) is 5.70. The second-order valence-electron chi connectivity index (χ2n) is 7.39. The maximum atomic E-state index is 12.7. The summed E-state index contributed by atoms with van der Waals surface area (Å²) in [7, 11) is 0. The summed E-state index contributed by atoms with van der Waals surface area (Å²) in [5.41, 5.74) is 2.01. The summed E-state index contributed by atoms with van der Waals surface area (Å²) >= 11 is 7.86. The molecule has 0 aromatic heterocycles. The highest BCUT2D eigenvalue weighted by atomic mass is 35.5. The smallest absolute Gasteiger partial charge is 0.252 e. The molecular formula is C21H23ClN2OS. The molecule has 3 fully saturated rings. The average Bonchev–Trinajstić information content (AvgIpc) is 3.15. The number of benzene rings is 2. The Kier molecular flexibility index (Phi) is 5.00. The molecule has 0 radical (unpaired) electrons. The molecule has 136 valence electrons. The minimum absolute atomic E-state index is 0.0738. The maximum absolute atomic E-state index is 12.7. The molecular weight excluding hydrogens is 364 g/mol. The maximum Gasteiger partial charge on any atom is 0.252 e. The van der Waals surface area contributed by atoms with Crippen molar-refractivity contribution < 1.29 is 4.79 Å². The molecule has 2 heterocycles. The highest BCUT2D eigenvalue weighted by Crippen LogP contribution is 2.50. The van der Waals surface area contributed by atoms with Crippen LogP contribution in [0.5, 0.6) is 0 Å². The van der Waals surface area contributed by atoms with Gasteiger partial charge in [0, 0.05) is 30.1 Å². The van der Waals surface area contributed by atoms with Crippen LogP contribution in [-0.4, -0.2) is 35.7 Å². The Morgan fingerprint density at radius 2 is 2.04 bits per heavy atom. The van der Waals surface area contributed by atoms with E-state index in [1.165, 1.54) is 18.4 Å². The summed E-state index contributed by atoms with van der Waals surface area (Å²) in [5.74, 6) is 0.703. The van der Waals surface area contributed by atoms with Crippen LogP contribution in [-0.2, 0) is 6.54 Å². The molecule has 2 aromatic carbocycles. The first kappa shape index (κ1) is 17.9. The number of hydrogen-bond donors (Lipinski definition) is 1. The Balaban J connectivity index is 1.43. The molecule has 3 nitrogen and oxygen atoms in total. The highest BCUT2D eigenvalue weighted by molar-refractivity contribution is 7.98. The molecule has 1 aliphatic carbocycles. The summed E-state index contributed by atoms with van der Waals surface area (Å²) in [6.45, 7) is 2.78. The van der Waals surface area contributed by atoms with Crippen LogP contribution >= 0.6 is 23.4 Å². The second kappa shape index (κ2) is 7.26. The zero-order chi connectivity index (χ0) is 18.1. The number of nitrogens with zero attached hydrogens (tertiary/aromatic N) is 1. The number of amides is 1. The van der Waals surface area contributed by atoms with E-state index in [0.29, 0.717) is 17.1 Å². The van der Waals surface area contributed by atoms with Crippen LogP contribution in [0.2, 0.25) is 5.02 Å². The van der Waals surface area contributed by atoms with E-state index in [9.17, 15) is 4.79 Å². The van der Waals surface area contributed by atoms with Gasteiger partial charge in [0.1, 0.15) is 0 Å². The van der Waals surface area contributed by atoms with E-state index in [2.05, 4.69) is 40.5 Å². The zero-order valence-corrected chi connectivity index (χ0v) is 16.4. The molecule has 2 aliphatic heterocycles. The van der Waals surface area contributed by atoms with Crippen molar-refractivity contribution in [1.82, 2.24) is 10.2 Å². The molecule has 1 N–H and O–H groups in total. The molecule has 2 bridgehead atoms. The fourth-order valence-corrected chi connectivity index (χ4v) is 4.99. The average molecular weight is 387 g/mol. The van der Waals surface area contributed by atoms with Crippen molar-refractivity contribution in [2.24, 2.45) is 5.92 Å². The molecule has 0 unspecified atom stereocenters. The van der Waals surface area contributed by atoms with Gasteiger partial charge in [-0.2, -0.15) is 0 Å². The van der Waals surface area contributed by atoms with Crippen LogP contribution in [0.25, 0.3) is 0 Å². The fraction of sp³-hybridized carbons (Fsp3) is 0.381. The van der Waals surface area contributed by atoms with Crippen LogP contribution in [0.4, 0.5) is 0 Å². The number of rotatable bonds is 6. The minimum atomic E-state index is -0.0738. The molecule has 5 heteroatoms. The first-order valence-electron chi connectivity index (χ1n) is 9.00. The third kappa shape index (κ3) is 3.38. The van der Waals surface area contributed by atoms with Gasteiger partial charge in [-0.3, -0.25) is 9.69 Å². The highest BCUT2D eigenvalue weighted by Gasteiger charge is 2.55. The van der Waals surface area contributed by atoms with Gasteiger partial charge in [0.25, 0.3) is 5.91 Å². The van der Waals surface area contributed by atoms with Crippen molar-refractivity contribution in [2.45, 2.75) is 29.8 Å². The van der Waals surface area contributed by atoms with Crippen LogP contribution in [0.1, 0.15) is 28.8 Å². The third-order valence-corrected chi connectivity index (χ3v) is 6.75. The Labute approximate surface area is 164 Å². The quantitative estimate of drug-likeness (QED) is 0.744. The van der Waals surface area contributed by atoms with E-state index in [1.54, 1.807) is 17.8 Å². The molecule has 2 saturated heterocycles. The molecule has 0 atom stereocenters. The van der Waals surface area contributed by atoms with Crippen LogP contribution in [0.3, 0.4) is 0 Å². The predicted molar refractivity (Wildman–Crippen MR) is 108 cm³/mol. The lowest BCUT2D eigenvalue weighted by atomic mass is 9.73. The summed E-state index contributed by atoms with van der Waals surface area (Å²) < 4.78 is 0. The molecule has 5 rings (SSSR count). The van der Waals surface area contributed by atoms with E-state index in [-0.39, 0.29) is 11.4 Å². The van der Waals surface area contributed by atoms with Crippen molar-refractivity contribution >= 4 is 29.3 Å². The molecule has 3 aliphatic rings. The number of fused-ring (bicyclic) bond motifs is 1. The van der Waals surface area contributed by atoms with E-state index < -0.39 is 0 Å². The lowest BCUT2D eigenvalue weighted by Crippen LogP contribution is -2.53. The standard InChI is InChI=1S/C21H23ClN2OS/c1-26-17-7-8-19(22)18(9-17)20(25)23-14-21-10-16(11-21)13-24(21)12-15-5-3-2-4-6-15/h2-9,16H,10-14H2,1H3,(H,23,25). The normalized spacial score (nSPS) is 24.3. The summed E-state index contributed by atoms with van der Waals surface area (Å²) in [4.78, 5) is 16.3. The SMILES string of the molecule is CSc1ccc(Cl)c(C(=O)NCC23CC(CN2Cc2ccccc2)C3)c1. The van der Waals surface area contributed by atoms with Crippen molar-refractivity contribution in [3.8, 4) is 0 Å². The van der Waals surface area contributed by atoms with Crippen molar-refractivity contribution in [2.75, 3.05) is 19.3 Å². The van der Waals surface area contributed by atoms with E-state index in [0.717, 1.165) is 23.9 Å². The monoisotopic (exact) mass is 386 g/mol. The minimum Gasteiger partial charge on any atom is -0.350 e. The number of thioether (sulfide) groups is 1. The lowest BCUT2D eigenvalue weighted by molar-refractivity contribution is 0.0798. The largest absolute Gasteiger partial charge is 0.350 e. The van der Waals surface area contributed by atoms with Gasteiger partial charge in [-0.05, 0) is 48.8 Å². The molecule has 1 saturated carbocycles. The van der Waals surface area contributed by atoms with E-state index in [4.69, 9.17) is 11.6 Å². The van der Waals surface area contributed by atoms with Gasteiger partial charge >= 0.3 is 0 Å². The summed E-state index contributed by atoms with van der Waals surface area (Å²) in [6.07, 6.45) is 4.36. The van der Waals surface area contributed by atoms with Crippen LogP contribution < -0.4 is 5.32 Å². The first-order chi connectivity index (χ1) is 12.6. The van der Waals surface area contributed by atoms with Crippen LogP contribution in [0, 0.1) is 5.92 Å². The van der Waals surface area contributed by atoms with Gasteiger partial charge in [-0.25, -0.2) is 0 Å². The number of carbonyl (C=O) groups excluding carboxylic acids is 1. The summed E-state index contributed by atoms with van der Waals surface area (Å²) in [6, 6.07) is 16.2. The van der Waals surface area contributed by atoms with E-state index >= 15 is 0 Å². The fourth-order valence-electron chi connectivity index (χ4n) is 4.35. The lowest BCUT2D eigenvalue weighted by Gasteiger charge is -2.42. The second-order valence-corrected chi connectivity index (χ2v) is 8.68. The number of carbonyl (C=O) groups is 1. The Bertz CT molecular complexity index is 805. The van der Waals surface area contributed by atoms with Crippen molar-refractivity contribution in [1.29, 1.82) is 0 Å².